The highest BCUT2D eigenvalue weighted by Gasteiger charge is 2.01. The fraction of sp³-hybridized carbons (Fsp3) is 0.789. The maximum absolute atomic E-state index is 3.89. The summed E-state index contributed by atoms with van der Waals surface area (Å²) in [6.07, 6.45) is 16.2. The molecular weight excluding hydrogens is 228 g/mol. The molecule has 0 heteroatoms. The molecule has 0 heterocycles. The van der Waals surface area contributed by atoms with Gasteiger partial charge in [0.05, 0.1) is 0 Å². The fourth-order valence-electron chi connectivity index (χ4n) is 2.26. The van der Waals surface area contributed by atoms with Crippen molar-refractivity contribution in [2.75, 3.05) is 0 Å². The highest BCUT2D eigenvalue weighted by Crippen LogP contribution is 2.16. The van der Waals surface area contributed by atoms with E-state index in [9.17, 15) is 0 Å². The maximum Gasteiger partial charge on any atom is 0.00886 e. The molecule has 19 heavy (non-hydrogen) atoms. The van der Waals surface area contributed by atoms with E-state index in [0.29, 0.717) is 0 Å². The van der Waals surface area contributed by atoms with Crippen molar-refractivity contribution in [1.29, 1.82) is 0 Å². The molecule has 0 aromatic heterocycles. The van der Waals surface area contributed by atoms with Gasteiger partial charge in [0.2, 0.25) is 0 Å². The average Bonchev–Trinajstić information content (AvgIpc) is 2.42. The van der Waals surface area contributed by atoms with Crippen LogP contribution < -0.4 is 0 Å². The zero-order chi connectivity index (χ0) is 14.2. The van der Waals surface area contributed by atoms with Crippen LogP contribution in [0.5, 0.6) is 0 Å². The molecule has 0 aromatic rings. The molecule has 0 fully saturated rings. The van der Waals surface area contributed by atoms with Crippen LogP contribution in [0, 0.1) is 31.6 Å². The molecular formula is C19H34. The molecule has 0 aliphatic rings. The van der Waals surface area contributed by atoms with Gasteiger partial charge in [-0.1, -0.05) is 78.6 Å². The normalized spacial score (nSPS) is 11.9. The van der Waals surface area contributed by atoms with E-state index in [4.69, 9.17) is 0 Å². The first kappa shape index (κ1) is 18.6. The minimum absolute atomic E-state index is 0.898. The van der Waals surface area contributed by atoms with Crippen molar-refractivity contribution in [1.82, 2.24) is 0 Å². The van der Waals surface area contributed by atoms with E-state index in [0.717, 1.165) is 31.6 Å². The molecule has 0 bridgehead atoms. The molecule has 0 rings (SSSR count). The predicted molar refractivity (Wildman–Crippen MR) is 87.7 cm³/mol. The van der Waals surface area contributed by atoms with Crippen LogP contribution in [0.4, 0.5) is 0 Å². The Morgan fingerprint density at radius 2 is 1.16 bits per heavy atom. The Bertz CT molecular complexity index is 218. The molecule has 0 spiro atoms. The largest absolute Gasteiger partial charge is 0.103 e. The summed E-state index contributed by atoms with van der Waals surface area (Å²) in [6, 6.07) is 0. The van der Waals surface area contributed by atoms with Gasteiger partial charge in [0.25, 0.3) is 0 Å². The smallest absolute Gasteiger partial charge is 0.00886 e. The highest BCUT2D eigenvalue weighted by molar-refractivity contribution is 4.98. The molecule has 0 saturated carbocycles. The summed E-state index contributed by atoms with van der Waals surface area (Å²) >= 11 is 0. The van der Waals surface area contributed by atoms with Gasteiger partial charge in [-0.3, -0.25) is 0 Å². The fourth-order valence-corrected chi connectivity index (χ4v) is 2.26. The van der Waals surface area contributed by atoms with Gasteiger partial charge in [0.15, 0.2) is 0 Å². The molecule has 1 atom stereocenters. The Morgan fingerprint density at radius 1 is 0.684 bits per heavy atom. The summed E-state index contributed by atoms with van der Waals surface area (Å²) in [7, 11) is 0. The molecule has 0 aromatic carbocycles. The van der Waals surface area contributed by atoms with E-state index in [1.165, 1.54) is 57.8 Å². The minimum Gasteiger partial charge on any atom is -0.103 e. The van der Waals surface area contributed by atoms with Crippen LogP contribution in [-0.2, 0) is 0 Å². The molecule has 0 saturated heterocycles. The third kappa shape index (κ3) is 15.5. The van der Waals surface area contributed by atoms with Crippen molar-refractivity contribution in [2.45, 2.75) is 90.4 Å². The maximum atomic E-state index is 3.89. The number of hydrogen-bond donors (Lipinski definition) is 0. The molecule has 0 aliphatic heterocycles. The standard InChI is InChI=1S/C19H34/c1-4-6-8-10-11-12-13-14-16-18-19(3)17-15-9-7-5-2/h19H,1-2,4-10,13-18H2,3H3. The van der Waals surface area contributed by atoms with E-state index in [-0.39, 0.29) is 0 Å². The summed E-state index contributed by atoms with van der Waals surface area (Å²) in [6.45, 7) is 10.1. The summed E-state index contributed by atoms with van der Waals surface area (Å²) in [5.74, 6) is 7.47. The van der Waals surface area contributed by atoms with Crippen molar-refractivity contribution < 1.29 is 0 Å². The van der Waals surface area contributed by atoms with Crippen molar-refractivity contribution in [3.8, 4) is 11.8 Å². The first-order valence-corrected chi connectivity index (χ1v) is 8.35. The summed E-state index contributed by atoms with van der Waals surface area (Å²) < 4.78 is 0. The number of hydrogen-bond acceptors (Lipinski definition) is 0. The lowest BCUT2D eigenvalue weighted by molar-refractivity contribution is 0.443. The Hall–Kier alpha value is -0.440. The summed E-state index contributed by atoms with van der Waals surface area (Å²) in [5, 5.41) is 0. The first-order valence-electron chi connectivity index (χ1n) is 8.35. The van der Waals surface area contributed by atoms with Crippen LogP contribution in [-0.4, -0.2) is 0 Å². The molecule has 2 radical (unpaired) electrons. The van der Waals surface area contributed by atoms with Crippen molar-refractivity contribution in [2.24, 2.45) is 5.92 Å². The van der Waals surface area contributed by atoms with Crippen LogP contribution in [0.3, 0.4) is 0 Å². The van der Waals surface area contributed by atoms with Crippen molar-refractivity contribution in [3.05, 3.63) is 13.8 Å². The summed E-state index contributed by atoms with van der Waals surface area (Å²) in [4.78, 5) is 0. The second-order valence-corrected chi connectivity index (χ2v) is 5.72. The van der Waals surface area contributed by atoms with Crippen molar-refractivity contribution in [3.63, 3.8) is 0 Å². The molecule has 110 valence electrons. The van der Waals surface area contributed by atoms with Gasteiger partial charge < -0.3 is 0 Å². The van der Waals surface area contributed by atoms with Gasteiger partial charge in [-0.15, -0.1) is 11.8 Å². The average molecular weight is 262 g/mol. The predicted octanol–water partition coefficient (Wildman–Crippen LogP) is 6.37. The lowest BCUT2D eigenvalue weighted by atomic mass is 9.96. The Balaban J connectivity index is 3.24. The first-order chi connectivity index (χ1) is 9.31. The van der Waals surface area contributed by atoms with E-state index in [1.54, 1.807) is 0 Å². The second kappa shape index (κ2) is 15.6. The zero-order valence-electron chi connectivity index (χ0n) is 13.2. The van der Waals surface area contributed by atoms with Gasteiger partial charge >= 0.3 is 0 Å². The van der Waals surface area contributed by atoms with Gasteiger partial charge in [0.1, 0.15) is 0 Å². The zero-order valence-corrected chi connectivity index (χ0v) is 13.2. The van der Waals surface area contributed by atoms with Gasteiger partial charge in [-0.25, -0.2) is 0 Å². The Morgan fingerprint density at radius 3 is 1.74 bits per heavy atom. The molecule has 0 N–H and O–H groups in total. The Kier molecular flexibility index (Phi) is 15.3. The van der Waals surface area contributed by atoms with E-state index in [1.807, 2.05) is 0 Å². The third-order valence-corrected chi connectivity index (χ3v) is 3.62. The van der Waals surface area contributed by atoms with E-state index in [2.05, 4.69) is 32.6 Å². The van der Waals surface area contributed by atoms with Crippen molar-refractivity contribution >= 4 is 0 Å². The second-order valence-electron chi connectivity index (χ2n) is 5.72. The van der Waals surface area contributed by atoms with Crippen LogP contribution in [0.1, 0.15) is 90.4 Å². The SMILES string of the molecule is [CH2]CCCCC#CCCCCC(C)CCCCC[CH2]. The molecule has 0 nitrogen and oxygen atoms in total. The lowest BCUT2D eigenvalue weighted by Crippen LogP contribution is -1.94. The quantitative estimate of drug-likeness (QED) is 0.283. The number of unbranched alkanes of at least 4 members (excludes halogenated alkanes) is 8. The van der Waals surface area contributed by atoms with Gasteiger partial charge in [-0.2, -0.15) is 0 Å². The molecule has 0 aliphatic carbocycles. The van der Waals surface area contributed by atoms with E-state index < -0.39 is 0 Å². The molecule has 0 amide bonds. The number of rotatable bonds is 12. The van der Waals surface area contributed by atoms with Gasteiger partial charge in [-0.05, 0) is 18.8 Å². The van der Waals surface area contributed by atoms with Crippen LogP contribution in [0.2, 0.25) is 0 Å². The van der Waals surface area contributed by atoms with Crippen LogP contribution in [0.25, 0.3) is 0 Å². The topological polar surface area (TPSA) is 0 Å². The van der Waals surface area contributed by atoms with Crippen LogP contribution in [0.15, 0.2) is 0 Å². The minimum atomic E-state index is 0.898. The monoisotopic (exact) mass is 262 g/mol. The Labute approximate surface area is 122 Å². The highest BCUT2D eigenvalue weighted by atomic mass is 14.1. The van der Waals surface area contributed by atoms with Gasteiger partial charge in [0, 0.05) is 12.8 Å². The lowest BCUT2D eigenvalue weighted by Gasteiger charge is -2.10. The van der Waals surface area contributed by atoms with Crippen LogP contribution >= 0.6 is 0 Å². The molecule has 1 unspecified atom stereocenters. The van der Waals surface area contributed by atoms with E-state index >= 15 is 0 Å². The third-order valence-electron chi connectivity index (χ3n) is 3.62. The summed E-state index contributed by atoms with van der Waals surface area (Å²) in [5.41, 5.74) is 0.